The lowest BCUT2D eigenvalue weighted by molar-refractivity contribution is -0.167. The fraction of sp³-hybridized carbons (Fsp3) is 0.940. The van der Waals surface area contributed by atoms with Gasteiger partial charge in [0, 0.05) is 19.3 Å². The van der Waals surface area contributed by atoms with Crippen LogP contribution in [0.5, 0.6) is 0 Å². The predicted molar refractivity (Wildman–Crippen MR) is 238 cm³/mol. The van der Waals surface area contributed by atoms with Crippen molar-refractivity contribution in [3.8, 4) is 0 Å². The lowest BCUT2D eigenvalue weighted by Crippen LogP contribution is -2.30. The van der Waals surface area contributed by atoms with Crippen molar-refractivity contribution < 1.29 is 28.6 Å². The first-order valence-corrected chi connectivity index (χ1v) is 24.9. The molecule has 0 amide bonds. The van der Waals surface area contributed by atoms with Crippen LogP contribution < -0.4 is 0 Å². The van der Waals surface area contributed by atoms with Crippen molar-refractivity contribution in [3.63, 3.8) is 0 Å². The number of rotatable bonds is 45. The summed E-state index contributed by atoms with van der Waals surface area (Å²) in [7, 11) is 0. The Morgan fingerprint density at radius 2 is 0.589 bits per heavy atom. The number of esters is 3. The monoisotopic (exact) mass is 793 g/mol. The van der Waals surface area contributed by atoms with Crippen molar-refractivity contribution >= 4 is 17.9 Å². The molecule has 1 atom stereocenters. The van der Waals surface area contributed by atoms with E-state index in [1.165, 1.54) is 173 Å². The fourth-order valence-corrected chi connectivity index (χ4v) is 7.51. The van der Waals surface area contributed by atoms with Gasteiger partial charge in [0.2, 0.25) is 0 Å². The molecule has 0 bridgehead atoms. The van der Waals surface area contributed by atoms with Crippen molar-refractivity contribution in [2.45, 2.75) is 284 Å². The normalized spacial score (nSPS) is 11.9. The second-order valence-corrected chi connectivity index (χ2v) is 17.6. The zero-order valence-electron chi connectivity index (χ0n) is 38.1. The summed E-state index contributed by atoms with van der Waals surface area (Å²) in [5.41, 5.74) is 0. The van der Waals surface area contributed by atoms with Crippen molar-refractivity contribution in [1.29, 1.82) is 0 Å². The Hall–Kier alpha value is -1.59. The number of hydrogen-bond acceptors (Lipinski definition) is 6. The molecule has 6 heteroatoms. The summed E-state index contributed by atoms with van der Waals surface area (Å²) in [6.07, 6.45) is 45.1. The third-order valence-electron chi connectivity index (χ3n) is 11.3. The molecule has 0 saturated carbocycles. The van der Waals surface area contributed by atoms with Crippen LogP contribution in [-0.4, -0.2) is 37.2 Å². The maximum absolute atomic E-state index is 12.7. The van der Waals surface area contributed by atoms with E-state index in [4.69, 9.17) is 14.2 Å². The van der Waals surface area contributed by atoms with E-state index < -0.39 is 6.10 Å². The van der Waals surface area contributed by atoms with Crippen molar-refractivity contribution in [2.24, 2.45) is 5.92 Å². The lowest BCUT2D eigenvalue weighted by Gasteiger charge is -2.18. The molecule has 0 N–H and O–H groups in total. The van der Waals surface area contributed by atoms with E-state index in [0.717, 1.165) is 63.7 Å². The van der Waals surface area contributed by atoms with Crippen molar-refractivity contribution in [2.75, 3.05) is 13.2 Å². The predicted octanol–water partition coefficient (Wildman–Crippen LogP) is 15.9. The molecule has 0 aliphatic carbocycles. The Kier molecular flexibility index (Phi) is 43.2. The summed E-state index contributed by atoms with van der Waals surface area (Å²) in [6, 6.07) is 0. The van der Waals surface area contributed by atoms with Crippen LogP contribution in [0.25, 0.3) is 0 Å². The first kappa shape index (κ1) is 54.4. The highest BCUT2D eigenvalue weighted by Gasteiger charge is 2.19. The summed E-state index contributed by atoms with van der Waals surface area (Å²) in [6.45, 7) is 8.98. The van der Waals surface area contributed by atoms with Gasteiger partial charge in [-0.25, -0.2) is 0 Å². The molecule has 0 unspecified atom stereocenters. The molecule has 0 heterocycles. The number of carbonyl (C=O) groups is 3. The molecule has 0 saturated heterocycles. The van der Waals surface area contributed by atoms with E-state index in [1.807, 2.05) is 0 Å². The zero-order chi connectivity index (χ0) is 41.0. The standard InChI is InChI=1S/C50H96O6/c1-5-7-9-11-13-15-17-19-21-22-24-29-33-37-41-48(51)54-44-47(45-55-49(52)42-38-34-30-27-26-28-32-36-40-46(3)4)56-50(53)43-39-35-31-25-23-20-18-16-14-12-10-8-6-2/h46-47H,5-45H2,1-4H3/t47-/m1/s1. The minimum absolute atomic E-state index is 0.0633. The van der Waals surface area contributed by atoms with Gasteiger partial charge >= 0.3 is 17.9 Å². The molecule has 0 radical (unpaired) electrons. The Morgan fingerprint density at radius 3 is 0.875 bits per heavy atom. The van der Waals surface area contributed by atoms with Gasteiger partial charge in [-0.2, -0.15) is 0 Å². The van der Waals surface area contributed by atoms with Gasteiger partial charge in [-0.3, -0.25) is 14.4 Å². The minimum atomic E-state index is -0.760. The van der Waals surface area contributed by atoms with E-state index in [-0.39, 0.29) is 31.1 Å². The van der Waals surface area contributed by atoms with Gasteiger partial charge in [0.25, 0.3) is 0 Å². The Labute approximate surface area is 348 Å². The number of unbranched alkanes of at least 4 members (excludes halogenated alkanes) is 32. The number of ether oxygens (including phenoxy) is 3. The van der Waals surface area contributed by atoms with Gasteiger partial charge in [0.15, 0.2) is 6.10 Å². The van der Waals surface area contributed by atoms with Crippen molar-refractivity contribution in [1.82, 2.24) is 0 Å². The van der Waals surface area contributed by atoms with E-state index in [1.54, 1.807) is 0 Å². The molecule has 6 nitrogen and oxygen atoms in total. The summed E-state index contributed by atoms with van der Waals surface area (Å²) in [5.74, 6) is -0.0521. The van der Waals surface area contributed by atoms with Gasteiger partial charge in [-0.05, 0) is 25.2 Å². The SMILES string of the molecule is CCCCCCCCCCCCCCCCC(=O)OC[C@H](COC(=O)CCCCCCCCCCC(C)C)OC(=O)CCCCCCCCCCCCCCC. The third-order valence-corrected chi connectivity index (χ3v) is 11.3. The fourth-order valence-electron chi connectivity index (χ4n) is 7.51. The van der Waals surface area contributed by atoms with Gasteiger partial charge in [0.05, 0.1) is 0 Å². The molecule has 0 aromatic heterocycles. The first-order chi connectivity index (χ1) is 27.4. The van der Waals surface area contributed by atoms with Crippen LogP contribution >= 0.6 is 0 Å². The molecule has 56 heavy (non-hydrogen) atoms. The highest BCUT2D eigenvalue weighted by atomic mass is 16.6. The van der Waals surface area contributed by atoms with Gasteiger partial charge in [-0.1, -0.05) is 240 Å². The Morgan fingerprint density at radius 1 is 0.339 bits per heavy atom. The highest BCUT2D eigenvalue weighted by Crippen LogP contribution is 2.17. The van der Waals surface area contributed by atoms with Gasteiger partial charge < -0.3 is 14.2 Å². The van der Waals surface area contributed by atoms with Crippen LogP contribution in [0.3, 0.4) is 0 Å². The maximum Gasteiger partial charge on any atom is 0.306 e. The topological polar surface area (TPSA) is 78.9 Å². The molecule has 0 spiro atoms. The molecular formula is C50H96O6. The van der Waals surface area contributed by atoms with E-state index in [0.29, 0.717) is 19.3 Å². The van der Waals surface area contributed by atoms with Crippen LogP contribution in [0.2, 0.25) is 0 Å². The molecular weight excluding hydrogens is 697 g/mol. The smallest absolute Gasteiger partial charge is 0.306 e. The molecule has 0 aromatic carbocycles. The summed E-state index contributed by atoms with van der Waals surface area (Å²) in [5, 5.41) is 0. The maximum atomic E-state index is 12.7. The van der Waals surface area contributed by atoms with E-state index in [2.05, 4.69) is 27.7 Å². The Bertz CT molecular complexity index is 841. The largest absolute Gasteiger partial charge is 0.462 e. The zero-order valence-corrected chi connectivity index (χ0v) is 38.1. The second-order valence-electron chi connectivity index (χ2n) is 17.6. The van der Waals surface area contributed by atoms with E-state index >= 15 is 0 Å². The second kappa shape index (κ2) is 44.5. The van der Waals surface area contributed by atoms with Gasteiger partial charge in [0.1, 0.15) is 13.2 Å². The molecule has 0 rings (SSSR count). The van der Waals surface area contributed by atoms with Crippen LogP contribution in [0.1, 0.15) is 278 Å². The first-order valence-electron chi connectivity index (χ1n) is 24.9. The van der Waals surface area contributed by atoms with Crippen molar-refractivity contribution in [3.05, 3.63) is 0 Å². The molecule has 0 aliphatic heterocycles. The van der Waals surface area contributed by atoms with Crippen LogP contribution in [0, 0.1) is 5.92 Å². The lowest BCUT2D eigenvalue weighted by atomic mass is 10.0. The average molecular weight is 793 g/mol. The average Bonchev–Trinajstić information content (AvgIpc) is 3.18. The molecule has 0 fully saturated rings. The molecule has 0 aliphatic rings. The Balaban J connectivity index is 4.31. The van der Waals surface area contributed by atoms with Crippen LogP contribution in [-0.2, 0) is 28.6 Å². The summed E-state index contributed by atoms with van der Waals surface area (Å²) in [4.78, 5) is 37.8. The third kappa shape index (κ3) is 43.5. The number of hydrogen-bond donors (Lipinski definition) is 0. The highest BCUT2D eigenvalue weighted by molar-refractivity contribution is 5.71. The number of carbonyl (C=O) groups excluding carboxylic acids is 3. The van der Waals surface area contributed by atoms with Crippen LogP contribution in [0.4, 0.5) is 0 Å². The quantitative estimate of drug-likeness (QED) is 0.0347. The van der Waals surface area contributed by atoms with E-state index in [9.17, 15) is 14.4 Å². The van der Waals surface area contributed by atoms with Gasteiger partial charge in [-0.15, -0.1) is 0 Å². The molecule has 0 aromatic rings. The summed E-state index contributed by atoms with van der Waals surface area (Å²) >= 11 is 0. The van der Waals surface area contributed by atoms with Crippen LogP contribution in [0.15, 0.2) is 0 Å². The minimum Gasteiger partial charge on any atom is -0.462 e. The summed E-state index contributed by atoms with van der Waals surface area (Å²) < 4.78 is 16.8. The molecule has 332 valence electrons.